The summed E-state index contributed by atoms with van der Waals surface area (Å²) >= 11 is 5.55. The van der Waals surface area contributed by atoms with Crippen molar-refractivity contribution in [2.24, 2.45) is 0 Å². The zero-order valence-electron chi connectivity index (χ0n) is 9.77. The van der Waals surface area contributed by atoms with Gasteiger partial charge in [0.2, 0.25) is 0 Å². The van der Waals surface area contributed by atoms with Gasteiger partial charge in [0.1, 0.15) is 0 Å². The molecule has 1 aromatic heterocycles. The van der Waals surface area contributed by atoms with Crippen LogP contribution < -0.4 is 5.32 Å². The first-order chi connectivity index (χ1) is 7.19. The van der Waals surface area contributed by atoms with Gasteiger partial charge >= 0.3 is 0 Å². The number of thiophene rings is 1. The fourth-order valence-corrected chi connectivity index (χ4v) is 3.71. The van der Waals surface area contributed by atoms with Gasteiger partial charge in [0.05, 0.1) is 0 Å². The molecule has 3 heteroatoms. The molecule has 86 valence electrons. The van der Waals surface area contributed by atoms with Crippen molar-refractivity contribution in [3.63, 3.8) is 0 Å². The van der Waals surface area contributed by atoms with Crippen molar-refractivity contribution in [1.82, 2.24) is 5.32 Å². The van der Waals surface area contributed by atoms with Crippen molar-refractivity contribution in [3.8, 4) is 0 Å². The lowest BCUT2D eigenvalue weighted by atomic mass is 10.1. The highest BCUT2D eigenvalue weighted by Crippen LogP contribution is 2.34. The second-order valence-electron chi connectivity index (χ2n) is 3.86. The first kappa shape index (κ1) is 13.2. The normalized spacial score (nSPS) is 13.1. The highest BCUT2D eigenvalue weighted by atomic mass is 79.9. The van der Waals surface area contributed by atoms with E-state index in [1.807, 2.05) is 11.3 Å². The van der Waals surface area contributed by atoms with Crippen LogP contribution in [-0.4, -0.2) is 6.54 Å². The molecule has 0 bridgehead atoms. The van der Waals surface area contributed by atoms with Crippen LogP contribution in [0.1, 0.15) is 48.9 Å². The van der Waals surface area contributed by atoms with Crippen LogP contribution in [0, 0.1) is 6.92 Å². The second kappa shape index (κ2) is 6.66. The molecular weight excluding hydrogens is 270 g/mol. The lowest BCUT2D eigenvalue weighted by Crippen LogP contribution is -2.21. The summed E-state index contributed by atoms with van der Waals surface area (Å²) in [5, 5.41) is 3.62. The molecule has 0 fully saturated rings. The van der Waals surface area contributed by atoms with Crippen molar-refractivity contribution in [2.45, 2.75) is 46.1 Å². The monoisotopic (exact) mass is 289 g/mol. The molecule has 1 N–H and O–H groups in total. The Kier molecular flexibility index (Phi) is 5.87. The van der Waals surface area contributed by atoms with Gasteiger partial charge in [0, 0.05) is 20.3 Å². The molecule has 0 radical (unpaired) electrons. The van der Waals surface area contributed by atoms with E-state index in [4.69, 9.17) is 0 Å². The van der Waals surface area contributed by atoms with Crippen molar-refractivity contribution < 1.29 is 0 Å². The van der Waals surface area contributed by atoms with Gasteiger partial charge in [0.15, 0.2) is 0 Å². The van der Waals surface area contributed by atoms with Crippen molar-refractivity contribution >= 4 is 27.3 Å². The van der Waals surface area contributed by atoms with Gasteiger partial charge in [-0.3, -0.25) is 0 Å². The molecule has 0 saturated heterocycles. The highest BCUT2D eigenvalue weighted by molar-refractivity contribution is 9.10. The topological polar surface area (TPSA) is 12.0 Å². The van der Waals surface area contributed by atoms with Crippen LogP contribution in [0.4, 0.5) is 0 Å². The molecule has 1 heterocycles. The fourth-order valence-electron chi connectivity index (χ4n) is 1.67. The Bertz CT molecular complexity index is 296. The molecular formula is C12H20BrNS. The zero-order valence-corrected chi connectivity index (χ0v) is 12.2. The van der Waals surface area contributed by atoms with Crippen LogP contribution in [0.3, 0.4) is 0 Å². The minimum absolute atomic E-state index is 0.531. The maximum atomic E-state index is 3.65. The first-order valence-electron chi connectivity index (χ1n) is 5.68. The molecule has 1 aromatic rings. The number of hydrogen-bond donors (Lipinski definition) is 1. The zero-order chi connectivity index (χ0) is 11.3. The average Bonchev–Trinajstić information content (AvgIpc) is 2.52. The van der Waals surface area contributed by atoms with Crippen molar-refractivity contribution in [2.75, 3.05) is 6.54 Å². The van der Waals surface area contributed by atoms with Crippen LogP contribution in [0.2, 0.25) is 0 Å². The molecule has 1 nitrogen and oxygen atoms in total. The summed E-state index contributed by atoms with van der Waals surface area (Å²) in [6, 6.07) is 2.75. The smallest absolute Gasteiger partial charge is 0.0426 e. The van der Waals surface area contributed by atoms with Crippen LogP contribution >= 0.6 is 27.3 Å². The Morgan fingerprint density at radius 1 is 1.40 bits per heavy atom. The van der Waals surface area contributed by atoms with Gasteiger partial charge < -0.3 is 5.32 Å². The van der Waals surface area contributed by atoms with E-state index in [0.29, 0.717) is 6.04 Å². The maximum Gasteiger partial charge on any atom is 0.0426 e. The van der Waals surface area contributed by atoms with Crippen molar-refractivity contribution in [1.29, 1.82) is 0 Å². The van der Waals surface area contributed by atoms with E-state index >= 15 is 0 Å². The number of hydrogen-bond acceptors (Lipinski definition) is 2. The van der Waals surface area contributed by atoms with Crippen LogP contribution in [-0.2, 0) is 0 Å². The quantitative estimate of drug-likeness (QED) is 0.803. The highest BCUT2D eigenvalue weighted by Gasteiger charge is 2.15. The molecule has 0 saturated carbocycles. The van der Waals surface area contributed by atoms with E-state index < -0.39 is 0 Å². The minimum atomic E-state index is 0.531. The maximum absolute atomic E-state index is 3.65. The number of rotatable bonds is 6. The van der Waals surface area contributed by atoms with E-state index in [1.54, 1.807) is 0 Å². The summed E-state index contributed by atoms with van der Waals surface area (Å²) in [7, 11) is 0. The Balaban J connectivity index is 2.73. The van der Waals surface area contributed by atoms with Gasteiger partial charge in [-0.25, -0.2) is 0 Å². The molecule has 0 spiro atoms. The molecule has 1 atom stereocenters. The van der Waals surface area contributed by atoms with Gasteiger partial charge in [0.25, 0.3) is 0 Å². The third-order valence-corrected chi connectivity index (χ3v) is 4.45. The number of nitrogens with one attached hydrogen (secondary N) is 1. The molecule has 0 aliphatic rings. The number of aryl methyl sites for hydroxylation is 1. The summed E-state index contributed by atoms with van der Waals surface area (Å²) in [6.07, 6.45) is 3.64. The SMILES string of the molecule is CCCNC(CCC)c1sc(C)cc1Br. The molecule has 0 aliphatic carbocycles. The lowest BCUT2D eigenvalue weighted by molar-refractivity contribution is 0.499. The van der Waals surface area contributed by atoms with Crippen LogP contribution in [0.15, 0.2) is 10.5 Å². The molecule has 1 rings (SSSR count). The minimum Gasteiger partial charge on any atom is -0.309 e. The summed E-state index contributed by atoms with van der Waals surface area (Å²) < 4.78 is 1.27. The molecule has 15 heavy (non-hydrogen) atoms. The van der Waals surface area contributed by atoms with E-state index in [0.717, 1.165) is 6.54 Å². The van der Waals surface area contributed by atoms with E-state index in [-0.39, 0.29) is 0 Å². The summed E-state index contributed by atoms with van der Waals surface area (Å²) in [5.74, 6) is 0. The first-order valence-corrected chi connectivity index (χ1v) is 7.29. The summed E-state index contributed by atoms with van der Waals surface area (Å²) in [6.45, 7) is 7.73. The Hall–Kier alpha value is 0.140. The Morgan fingerprint density at radius 2 is 2.13 bits per heavy atom. The predicted molar refractivity (Wildman–Crippen MR) is 72.7 cm³/mol. The Labute approximate surface area is 105 Å². The average molecular weight is 290 g/mol. The van der Waals surface area contributed by atoms with Crippen molar-refractivity contribution in [3.05, 3.63) is 20.3 Å². The largest absolute Gasteiger partial charge is 0.309 e. The lowest BCUT2D eigenvalue weighted by Gasteiger charge is -2.16. The molecule has 0 aliphatic heterocycles. The van der Waals surface area contributed by atoms with E-state index in [2.05, 4.69) is 48.1 Å². The standard InChI is InChI=1S/C12H20BrNS/c1-4-6-11(14-7-5-2)12-10(13)8-9(3)15-12/h8,11,14H,4-7H2,1-3H3. The van der Waals surface area contributed by atoms with Gasteiger partial charge in [-0.05, 0) is 48.3 Å². The van der Waals surface area contributed by atoms with Gasteiger partial charge in [-0.1, -0.05) is 20.3 Å². The van der Waals surface area contributed by atoms with Crippen LogP contribution in [0.25, 0.3) is 0 Å². The van der Waals surface area contributed by atoms with Gasteiger partial charge in [-0.2, -0.15) is 0 Å². The molecule has 1 unspecified atom stereocenters. The third-order valence-electron chi connectivity index (χ3n) is 2.37. The van der Waals surface area contributed by atoms with Crippen LogP contribution in [0.5, 0.6) is 0 Å². The van der Waals surface area contributed by atoms with E-state index in [1.165, 1.54) is 33.5 Å². The summed E-state index contributed by atoms with van der Waals surface area (Å²) in [5.41, 5.74) is 0. The number of halogens is 1. The Morgan fingerprint density at radius 3 is 2.60 bits per heavy atom. The fraction of sp³-hybridized carbons (Fsp3) is 0.667. The molecule has 0 aromatic carbocycles. The third kappa shape index (κ3) is 3.89. The molecule has 0 amide bonds. The van der Waals surface area contributed by atoms with Gasteiger partial charge in [-0.15, -0.1) is 11.3 Å². The summed E-state index contributed by atoms with van der Waals surface area (Å²) in [4.78, 5) is 2.85. The second-order valence-corrected chi connectivity index (χ2v) is 6.01. The predicted octanol–water partition coefficient (Wildman–Crippen LogP) is 4.66. The van der Waals surface area contributed by atoms with E-state index in [9.17, 15) is 0 Å².